The summed E-state index contributed by atoms with van der Waals surface area (Å²) in [5, 5.41) is 9.73. The highest BCUT2D eigenvalue weighted by atomic mass is 35.5. The van der Waals surface area contributed by atoms with E-state index in [1.807, 2.05) is 13.0 Å². The van der Waals surface area contributed by atoms with E-state index in [4.69, 9.17) is 39.1 Å². The summed E-state index contributed by atoms with van der Waals surface area (Å²) < 4.78 is 6.12. The van der Waals surface area contributed by atoms with Gasteiger partial charge in [-0.05, 0) is 76.3 Å². The topological polar surface area (TPSA) is 107 Å². The third-order valence-electron chi connectivity index (χ3n) is 7.25. The van der Waals surface area contributed by atoms with Crippen molar-refractivity contribution < 1.29 is 4.74 Å². The Balaban J connectivity index is 1.37. The summed E-state index contributed by atoms with van der Waals surface area (Å²) in [6.07, 6.45) is 4.91. The Morgan fingerprint density at radius 3 is 2.58 bits per heavy atom. The molecule has 3 heterocycles. The number of hydrogen-bond donors (Lipinski definition) is 3. The van der Waals surface area contributed by atoms with Gasteiger partial charge in [-0.1, -0.05) is 23.2 Å². The fourth-order valence-electron chi connectivity index (χ4n) is 4.95. The molecule has 0 bridgehead atoms. The lowest BCUT2D eigenvalue weighted by atomic mass is 10.0. The first-order valence-corrected chi connectivity index (χ1v) is 13.3. The molecule has 10 heteroatoms. The van der Waals surface area contributed by atoms with Crippen LogP contribution in [0, 0.1) is 5.41 Å². The van der Waals surface area contributed by atoms with Crippen LogP contribution in [0.3, 0.4) is 0 Å². The van der Waals surface area contributed by atoms with Crippen LogP contribution < -0.4 is 15.4 Å². The number of nitrogens with one attached hydrogen (secondary N) is 2. The Labute approximate surface area is 232 Å². The SMILES string of the molecule is CC(Oc1ccc(N)c(C(=N)c2nc3ccc(N(C)C4CCN(C)CC4)cc3[nH]2)c1)c1c(Cl)cncc1Cl. The Morgan fingerprint density at radius 2 is 1.87 bits per heavy atom. The number of pyridine rings is 1. The summed E-state index contributed by atoms with van der Waals surface area (Å²) in [7, 11) is 4.32. The number of ether oxygens (including phenoxy) is 1. The molecule has 0 spiro atoms. The number of anilines is 2. The van der Waals surface area contributed by atoms with Crippen LogP contribution >= 0.6 is 23.2 Å². The van der Waals surface area contributed by atoms with Crippen LogP contribution in [0.5, 0.6) is 5.75 Å². The first-order chi connectivity index (χ1) is 18.2. The molecule has 4 aromatic rings. The van der Waals surface area contributed by atoms with E-state index in [1.54, 1.807) is 18.2 Å². The summed E-state index contributed by atoms with van der Waals surface area (Å²) in [6, 6.07) is 11.9. The number of rotatable bonds is 7. The number of aromatic nitrogens is 3. The first-order valence-electron chi connectivity index (χ1n) is 12.6. The Hall–Kier alpha value is -3.33. The molecule has 2 aromatic heterocycles. The average Bonchev–Trinajstić information content (AvgIpc) is 3.33. The number of piperidine rings is 1. The molecule has 0 aliphatic carbocycles. The second-order valence-corrected chi connectivity index (χ2v) is 10.6. The van der Waals surface area contributed by atoms with E-state index in [0.29, 0.717) is 44.5 Å². The molecule has 8 nitrogen and oxygen atoms in total. The van der Waals surface area contributed by atoms with Crippen LogP contribution in [0.25, 0.3) is 11.0 Å². The molecule has 1 aliphatic rings. The minimum atomic E-state index is -0.435. The number of likely N-dealkylation sites (tertiary alicyclic amines) is 1. The van der Waals surface area contributed by atoms with Crippen molar-refractivity contribution in [1.29, 1.82) is 5.41 Å². The molecule has 1 atom stereocenters. The lowest BCUT2D eigenvalue weighted by molar-refractivity contribution is 0.227. The zero-order valence-corrected chi connectivity index (χ0v) is 23.1. The van der Waals surface area contributed by atoms with Gasteiger partial charge < -0.3 is 25.3 Å². The molecule has 0 amide bonds. The van der Waals surface area contributed by atoms with Crippen molar-refractivity contribution in [3.63, 3.8) is 0 Å². The van der Waals surface area contributed by atoms with Crippen molar-refractivity contribution in [2.45, 2.75) is 31.9 Å². The molecular weight excluding hydrogens is 521 g/mol. The van der Waals surface area contributed by atoms with Crippen molar-refractivity contribution in [2.24, 2.45) is 0 Å². The molecular formula is C28H31Cl2N7O. The molecule has 1 unspecified atom stereocenters. The third-order valence-corrected chi connectivity index (χ3v) is 7.85. The van der Waals surface area contributed by atoms with Gasteiger partial charge in [0.15, 0.2) is 5.82 Å². The van der Waals surface area contributed by atoms with Crippen LogP contribution in [-0.2, 0) is 0 Å². The monoisotopic (exact) mass is 551 g/mol. The van der Waals surface area contributed by atoms with Crippen molar-refractivity contribution >= 4 is 51.3 Å². The van der Waals surface area contributed by atoms with Gasteiger partial charge in [-0.15, -0.1) is 0 Å². The highest BCUT2D eigenvalue weighted by Gasteiger charge is 2.22. The minimum Gasteiger partial charge on any atom is -0.486 e. The largest absolute Gasteiger partial charge is 0.486 e. The minimum absolute atomic E-state index is 0.182. The van der Waals surface area contributed by atoms with Crippen molar-refractivity contribution in [1.82, 2.24) is 19.9 Å². The number of aromatic amines is 1. The molecule has 1 fully saturated rings. The Kier molecular flexibility index (Phi) is 7.47. The van der Waals surface area contributed by atoms with Crippen LogP contribution in [0.4, 0.5) is 11.4 Å². The van der Waals surface area contributed by atoms with Gasteiger partial charge in [0.1, 0.15) is 17.6 Å². The van der Waals surface area contributed by atoms with E-state index in [-0.39, 0.29) is 5.71 Å². The third kappa shape index (κ3) is 5.29. The average molecular weight is 553 g/mol. The zero-order valence-electron chi connectivity index (χ0n) is 21.6. The van der Waals surface area contributed by atoms with Gasteiger partial charge in [-0.25, -0.2) is 4.98 Å². The number of imidazole rings is 1. The molecule has 0 saturated carbocycles. The van der Waals surface area contributed by atoms with Crippen molar-refractivity contribution in [2.75, 3.05) is 37.8 Å². The Bertz CT molecular complexity index is 1460. The number of hydrogen-bond acceptors (Lipinski definition) is 7. The van der Waals surface area contributed by atoms with Gasteiger partial charge in [0.2, 0.25) is 0 Å². The summed E-state index contributed by atoms with van der Waals surface area (Å²) in [5.74, 6) is 0.977. The summed E-state index contributed by atoms with van der Waals surface area (Å²) in [6.45, 7) is 4.07. The van der Waals surface area contributed by atoms with Crippen LogP contribution in [0.2, 0.25) is 10.0 Å². The predicted octanol–water partition coefficient (Wildman–Crippen LogP) is 5.93. The zero-order chi connectivity index (χ0) is 27.0. The van der Waals surface area contributed by atoms with E-state index in [1.165, 1.54) is 12.4 Å². The van der Waals surface area contributed by atoms with E-state index >= 15 is 0 Å². The number of H-pyrrole nitrogens is 1. The molecule has 1 saturated heterocycles. The number of benzene rings is 2. The maximum atomic E-state index is 8.88. The number of nitrogen functional groups attached to an aromatic ring is 1. The molecule has 1 aliphatic heterocycles. The number of fused-ring (bicyclic) bond motifs is 1. The summed E-state index contributed by atoms with van der Waals surface area (Å²) in [5.41, 5.74) is 10.9. The van der Waals surface area contributed by atoms with Gasteiger partial charge in [-0.2, -0.15) is 0 Å². The van der Waals surface area contributed by atoms with E-state index in [9.17, 15) is 0 Å². The van der Waals surface area contributed by atoms with E-state index in [0.717, 1.165) is 42.7 Å². The second kappa shape index (κ2) is 10.8. The quantitative estimate of drug-likeness (QED) is 0.194. The lowest BCUT2D eigenvalue weighted by Gasteiger charge is -2.36. The van der Waals surface area contributed by atoms with Crippen molar-refractivity contribution in [3.8, 4) is 5.75 Å². The molecule has 2 aromatic carbocycles. The van der Waals surface area contributed by atoms with Crippen LogP contribution in [0.1, 0.15) is 42.8 Å². The summed E-state index contributed by atoms with van der Waals surface area (Å²) >= 11 is 12.6. The number of nitrogens with two attached hydrogens (primary N) is 1. The van der Waals surface area contributed by atoms with Gasteiger partial charge in [0.25, 0.3) is 0 Å². The maximum Gasteiger partial charge on any atom is 0.157 e. The molecule has 5 rings (SSSR count). The normalized spacial score (nSPS) is 15.5. The predicted molar refractivity (Wildman–Crippen MR) is 155 cm³/mol. The Morgan fingerprint density at radius 1 is 1.16 bits per heavy atom. The maximum absolute atomic E-state index is 8.88. The van der Waals surface area contributed by atoms with Crippen LogP contribution in [-0.4, -0.2) is 58.8 Å². The standard InChI is InChI=1S/C28H31Cl2N7O/c1-16(26-21(29)14-33-15-22(26)30)38-19-5-6-23(31)20(13-19)27(32)28-34-24-7-4-18(12-25(24)35-28)37(3)17-8-10-36(2)11-9-17/h4-7,12-17,32H,8-11,31H2,1-3H3,(H,34,35). The van der Waals surface area contributed by atoms with Gasteiger partial charge >= 0.3 is 0 Å². The first kappa shape index (κ1) is 26.3. The second-order valence-electron chi connectivity index (χ2n) is 9.83. The summed E-state index contributed by atoms with van der Waals surface area (Å²) in [4.78, 5) is 16.7. The van der Waals surface area contributed by atoms with E-state index in [2.05, 4.69) is 51.0 Å². The van der Waals surface area contributed by atoms with Gasteiger partial charge in [-0.3, -0.25) is 10.4 Å². The fraction of sp³-hybridized carbons (Fsp3) is 0.321. The molecule has 4 N–H and O–H groups in total. The lowest BCUT2D eigenvalue weighted by Crippen LogP contribution is -2.41. The highest BCUT2D eigenvalue weighted by molar-refractivity contribution is 6.35. The van der Waals surface area contributed by atoms with Crippen molar-refractivity contribution in [3.05, 3.63) is 75.8 Å². The molecule has 198 valence electrons. The van der Waals surface area contributed by atoms with Crippen LogP contribution in [0.15, 0.2) is 48.8 Å². The smallest absolute Gasteiger partial charge is 0.157 e. The van der Waals surface area contributed by atoms with E-state index < -0.39 is 6.10 Å². The molecule has 38 heavy (non-hydrogen) atoms. The number of nitrogens with zero attached hydrogens (tertiary/aromatic N) is 4. The van der Waals surface area contributed by atoms with Gasteiger partial charge in [0, 0.05) is 48.0 Å². The fourth-order valence-corrected chi connectivity index (χ4v) is 5.63. The highest BCUT2D eigenvalue weighted by Crippen LogP contribution is 2.33. The molecule has 0 radical (unpaired) electrons. The van der Waals surface area contributed by atoms with Gasteiger partial charge in [0.05, 0.1) is 21.1 Å². The number of halogens is 2.